The standard InChI is InChI=1S/C9H16BrN3S/c1-6(9(2,3)4)5-11-8-13-12-7(10)14-8/h6H,5H2,1-4H3,(H,11,13). The second-order valence-electron chi connectivity index (χ2n) is 4.51. The van der Waals surface area contributed by atoms with Crippen molar-refractivity contribution in [2.45, 2.75) is 27.7 Å². The summed E-state index contributed by atoms with van der Waals surface area (Å²) in [6.45, 7) is 9.91. The van der Waals surface area contributed by atoms with Gasteiger partial charge in [0.05, 0.1) is 0 Å². The lowest BCUT2D eigenvalue weighted by Gasteiger charge is -2.27. The summed E-state index contributed by atoms with van der Waals surface area (Å²) in [4.78, 5) is 0. The third-order valence-electron chi connectivity index (χ3n) is 2.44. The van der Waals surface area contributed by atoms with Gasteiger partial charge in [-0.05, 0) is 27.3 Å². The van der Waals surface area contributed by atoms with Crippen LogP contribution in [0.5, 0.6) is 0 Å². The first kappa shape index (κ1) is 11.9. The molecule has 0 saturated heterocycles. The fraction of sp³-hybridized carbons (Fsp3) is 0.778. The van der Waals surface area contributed by atoms with E-state index in [0.29, 0.717) is 11.3 Å². The number of nitrogens with one attached hydrogen (secondary N) is 1. The lowest BCUT2D eigenvalue weighted by Crippen LogP contribution is -2.24. The quantitative estimate of drug-likeness (QED) is 0.920. The summed E-state index contributed by atoms with van der Waals surface area (Å²) in [5.41, 5.74) is 0.328. The molecule has 0 aromatic carbocycles. The van der Waals surface area contributed by atoms with Gasteiger partial charge in [0.15, 0.2) is 3.92 Å². The van der Waals surface area contributed by atoms with Crippen molar-refractivity contribution in [1.29, 1.82) is 0 Å². The molecule has 0 bridgehead atoms. The van der Waals surface area contributed by atoms with Crippen molar-refractivity contribution >= 4 is 32.4 Å². The first-order chi connectivity index (χ1) is 6.39. The molecule has 0 amide bonds. The van der Waals surface area contributed by atoms with Gasteiger partial charge in [-0.25, -0.2) is 0 Å². The average molecular weight is 278 g/mol. The number of hydrogen-bond acceptors (Lipinski definition) is 4. The van der Waals surface area contributed by atoms with Gasteiger partial charge >= 0.3 is 0 Å². The molecular weight excluding hydrogens is 262 g/mol. The Bertz CT molecular complexity index is 292. The van der Waals surface area contributed by atoms with Crippen LogP contribution in [0.25, 0.3) is 0 Å². The maximum absolute atomic E-state index is 3.98. The van der Waals surface area contributed by atoms with E-state index in [0.717, 1.165) is 15.6 Å². The molecule has 0 spiro atoms. The summed E-state index contributed by atoms with van der Waals surface area (Å²) in [6.07, 6.45) is 0. The summed E-state index contributed by atoms with van der Waals surface area (Å²) in [5, 5.41) is 12.0. The summed E-state index contributed by atoms with van der Waals surface area (Å²) in [7, 11) is 0. The Morgan fingerprint density at radius 2 is 2.07 bits per heavy atom. The van der Waals surface area contributed by atoms with Crippen LogP contribution in [0, 0.1) is 11.3 Å². The highest BCUT2D eigenvalue weighted by Crippen LogP contribution is 2.26. The monoisotopic (exact) mass is 277 g/mol. The van der Waals surface area contributed by atoms with Gasteiger partial charge in [-0.1, -0.05) is 39.0 Å². The van der Waals surface area contributed by atoms with Gasteiger partial charge in [-0.3, -0.25) is 0 Å². The Morgan fingerprint density at radius 3 is 2.50 bits per heavy atom. The van der Waals surface area contributed by atoms with Crippen LogP contribution in [0.1, 0.15) is 27.7 Å². The molecule has 0 aliphatic heterocycles. The molecule has 1 N–H and O–H groups in total. The Hall–Kier alpha value is -0.160. The predicted molar refractivity (Wildman–Crippen MR) is 64.7 cm³/mol. The van der Waals surface area contributed by atoms with Crippen LogP contribution in [0.4, 0.5) is 5.13 Å². The van der Waals surface area contributed by atoms with Crippen molar-refractivity contribution in [3.05, 3.63) is 3.92 Å². The van der Waals surface area contributed by atoms with Crippen molar-refractivity contribution in [3.8, 4) is 0 Å². The first-order valence-electron chi connectivity index (χ1n) is 4.62. The van der Waals surface area contributed by atoms with Crippen molar-refractivity contribution < 1.29 is 0 Å². The van der Waals surface area contributed by atoms with Crippen LogP contribution in [0.2, 0.25) is 0 Å². The van der Waals surface area contributed by atoms with Crippen LogP contribution in [0.3, 0.4) is 0 Å². The van der Waals surface area contributed by atoms with Crippen LogP contribution in [0.15, 0.2) is 3.92 Å². The minimum Gasteiger partial charge on any atom is -0.360 e. The number of halogens is 1. The predicted octanol–water partition coefficient (Wildman–Crippen LogP) is 3.39. The largest absolute Gasteiger partial charge is 0.360 e. The first-order valence-corrected chi connectivity index (χ1v) is 6.23. The molecule has 3 nitrogen and oxygen atoms in total. The Morgan fingerprint density at radius 1 is 1.43 bits per heavy atom. The molecule has 0 fully saturated rings. The molecule has 1 unspecified atom stereocenters. The molecule has 0 aliphatic carbocycles. The highest BCUT2D eigenvalue weighted by molar-refractivity contribution is 9.11. The third kappa shape index (κ3) is 3.53. The summed E-state index contributed by atoms with van der Waals surface area (Å²) < 4.78 is 0.823. The Kier molecular flexibility index (Phi) is 3.89. The maximum atomic E-state index is 3.98. The zero-order chi connectivity index (χ0) is 10.8. The maximum Gasteiger partial charge on any atom is 0.206 e. The fourth-order valence-electron chi connectivity index (χ4n) is 0.823. The lowest BCUT2D eigenvalue weighted by molar-refractivity contribution is 0.274. The molecule has 0 aliphatic rings. The fourth-order valence-corrected chi connectivity index (χ4v) is 1.84. The number of hydrogen-bond donors (Lipinski definition) is 1. The summed E-state index contributed by atoms with van der Waals surface area (Å²) in [5.74, 6) is 0.602. The van der Waals surface area contributed by atoms with E-state index in [1.54, 1.807) is 0 Å². The molecule has 0 saturated carbocycles. The molecule has 5 heteroatoms. The van der Waals surface area contributed by atoms with Crippen LogP contribution in [-0.2, 0) is 0 Å². The normalized spacial score (nSPS) is 14.1. The minimum absolute atomic E-state index is 0.328. The van der Waals surface area contributed by atoms with E-state index in [-0.39, 0.29) is 0 Å². The zero-order valence-corrected chi connectivity index (χ0v) is 11.4. The number of aromatic nitrogens is 2. The molecule has 1 atom stereocenters. The van der Waals surface area contributed by atoms with Crippen LogP contribution < -0.4 is 5.32 Å². The van der Waals surface area contributed by atoms with Crippen LogP contribution in [-0.4, -0.2) is 16.7 Å². The molecule has 1 rings (SSSR count). The van der Waals surface area contributed by atoms with Gasteiger partial charge in [-0.15, -0.1) is 10.2 Å². The zero-order valence-electron chi connectivity index (χ0n) is 8.97. The molecule has 14 heavy (non-hydrogen) atoms. The highest BCUT2D eigenvalue weighted by atomic mass is 79.9. The van der Waals surface area contributed by atoms with E-state index in [9.17, 15) is 0 Å². The van der Waals surface area contributed by atoms with Gasteiger partial charge in [0.25, 0.3) is 0 Å². The van der Waals surface area contributed by atoms with Crippen molar-refractivity contribution in [1.82, 2.24) is 10.2 Å². The summed E-state index contributed by atoms with van der Waals surface area (Å²) >= 11 is 4.81. The number of anilines is 1. The van der Waals surface area contributed by atoms with Gasteiger partial charge in [0.1, 0.15) is 0 Å². The second-order valence-corrected chi connectivity index (χ2v) is 6.76. The van der Waals surface area contributed by atoms with Gasteiger partial charge in [0.2, 0.25) is 5.13 Å². The molecular formula is C9H16BrN3S. The summed E-state index contributed by atoms with van der Waals surface area (Å²) in [6, 6.07) is 0. The van der Waals surface area contributed by atoms with E-state index in [2.05, 4.69) is 59.1 Å². The van der Waals surface area contributed by atoms with Crippen molar-refractivity contribution in [3.63, 3.8) is 0 Å². The Labute approximate surface area is 97.5 Å². The smallest absolute Gasteiger partial charge is 0.206 e. The lowest BCUT2D eigenvalue weighted by atomic mass is 9.82. The average Bonchev–Trinajstić information content (AvgIpc) is 2.45. The molecule has 80 valence electrons. The van der Waals surface area contributed by atoms with E-state index >= 15 is 0 Å². The molecule has 1 aromatic rings. The molecule has 0 radical (unpaired) electrons. The van der Waals surface area contributed by atoms with Crippen molar-refractivity contribution in [2.75, 3.05) is 11.9 Å². The van der Waals surface area contributed by atoms with Gasteiger partial charge < -0.3 is 5.32 Å². The third-order valence-corrected chi connectivity index (χ3v) is 3.75. The SMILES string of the molecule is CC(CNc1nnc(Br)s1)C(C)(C)C. The van der Waals surface area contributed by atoms with E-state index < -0.39 is 0 Å². The number of rotatable bonds is 3. The molecule has 1 heterocycles. The van der Waals surface area contributed by atoms with E-state index in [1.807, 2.05) is 0 Å². The van der Waals surface area contributed by atoms with E-state index in [4.69, 9.17) is 0 Å². The molecule has 1 aromatic heterocycles. The Balaban J connectivity index is 2.41. The van der Waals surface area contributed by atoms with Gasteiger partial charge in [-0.2, -0.15) is 0 Å². The van der Waals surface area contributed by atoms with Crippen LogP contribution >= 0.6 is 27.3 Å². The minimum atomic E-state index is 0.328. The van der Waals surface area contributed by atoms with Gasteiger partial charge in [0, 0.05) is 6.54 Å². The van der Waals surface area contributed by atoms with Crippen molar-refractivity contribution in [2.24, 2.45) is 11.3 Å². The topological polar surface area (TPSA) is 37.8 Å². The number of nitrogens with zero attached hydrogens (tertiary/aromatic N) is 2. The van der Waals surface area contributed by atoms with E-state index in [1.165, 1.54) is 11.3 Å². The second kappa shape index (κ2) is 4.57. The highest BCUT2D eigenvalue weighted by Gasteiger charge is 2.19.